The van der Waals surface area contributed by atoms with Gasteiger partial charge in [0.1, 0.15) is 0 Å². The van der Waals surface area contributed by atoms with Crippen LogP contribution in [0.5, 0.6) is 0 Å². The van der Waals surface area contributed by atoms with Gasteiger partial charge in [-0.1, -0.05) is 20.8 Å². The smallest absolute Gasteiger partial charge is 0.0922 e. The predicted octanol–water partition coefficient (Wildman–Crippen LogP) is 3.81. The van der Waals surface area contributed by atoms with Crippen molar-refractivity contribution in [1.82, 2.24) is 0 Å². The highest BCUT2D eigenvalue weighted by molar-refractivity contribution is 4.80. The number of alkyl halides is 1. The van der Waals surface area contributed by atoms with E-state index < -0.39 is 0 Å². The van der Waals surface area contributed by atoms with Gasteiger partial charge in [-0.3, -0.25) is 4.39 Å². The lowest BCUT2D eigenvalue weighted by Crippen LogP contribution is -2.26. The molecule has 0 nitrogen and oxygen atoms in total. The van der Waals surface area contributed by atoms with Crippen molar-refractivity contribution in [3.05, 3.63) is 0 Å². The molecule has 1 aliphatic carbocycles. The molecule has 0 atom stereocenters. The molecule has 1 aliphatic rings. The van der Waals surface area contributed by atoms with Crippen LogP contribution < -0.4 is 0 Å². The van der Waals surface area contributed by atoms with Gasteiger partial charge < -0.3 is 0 Å². The minimum atomic E-state index is -0.100. The Labute approximate surface area is 75.5 Å². The van der Waals surface area contributed by atoms with Crippen LogP contribution in [-0.2, 0) is 0 Å². The summed E-state index contributed by atoms with van der Waals surface area (Å²) in [6.45, 7) is 6.80. The van der Waals surface area contributed by atoms with Crippen LogP contribution in [0.2, 0.25) is 0 Å². The van der Waals surface area contributed by atoms with Crippen LogP contribution in [0, 0.1) is 17.3 Å². The molecule has 0 saturated heterocycles. The second-order valence-corrected chi connectivity index (χ2v) is 5.24. The Kier molecular flexibility index (Phi) is 3.14. The molecule has 0 aliphatic heterocycles. The summed E-state index contributed by atoms with van der Waals surface area (Å²) in [6.07, 6.45) is 4.69. The Balaban J connectivity index is 2.36. The van der Waals surface area contributed by atoms with E-state index in [1.165, 1.54) is 12.8 Å². The molecular formula is C11H21F. The van der Waals surface area contributed by atoms with Gasteiger partial charge in [0.15, 0.2) is 0 Å². The zero-order chi connectivity index (χ0) is 9.19. The average molecular weight is 172 g/mol. The van der Waals surface area contributed by atoms with Crippen molar-refractivity contribution in [1.29, 1.82) is 0 Å². The molecule has 72 valence electrons. The molecule has 1 saturated carbocycles. The van der Waals surface area contributed by atoms with Crippen LogP contribution in [0.4, 0.5) is 4.39 Å². The summed E-state index contributed by atoms with van der Waals surface area (Å²) in [7, 11) is 0. The molecule has 0 spiro atoms. The number of rotatable bonds is 1. The van der Waals surface area contributed by atoms with Crippen LogP contribution in [0.15, 0.2) is 0 Å². The van der Waals surface area contributed by atoms with Crippen LogP contribution in [0.25, 0.3) is 0 Å². The first-order valence-electron chi connectivity index (χ1n) is 5.10. The fraction of sp³-hybridized carbons (Fsp3) is 1.00. The molecule has 0 radical (unpaired) electrons. The summed E-state index contributed by atoms with van der Waals surface area (Å²) in [5.41, 5.74) is 0.432. The Hall–Kier alpha value is -0.0700. The lowest BCUT2D eigenvalue weighted by atomic mass is 9.70. The third kappa shape index (κ3) is 2.46. The minimum Gasteiger partial charge on any atom is -0.251 e. The Morgan fingerprint density at radius 1 is 1.08 bits per heavy atom. The van der Waals surface area contributed by atoms with E-state index in [2.05, 4.69) is 20.8 Å². The number of hydrogen-bond donors (Lipinski definition) is 0. The van der Waals surface area contributed by atoms with Gasteiger partial charge in [-0.2, -0.15) is 0 Å². The van der Waals surface area contributed by atoms with Gasteiger partial charge in [-0.15, -0.1) is 0 Å². The van der Waals surface area contributed by atoms with Crippen molar-refractivity contribution in [2.24, 2.45) is 17.3 Å². The largest absolute Gasteiger partial charge is 0.251 e. The van der Waals surface area contributed by atoms with E-state index in [1.807, 2.05) is 0 Å². The molecular weight excluding hydrogens is 151 g/mol. The first kappa shape index (κ1) is 10.0. The Morgan fingerprint density at radius 3 is 1.92 bits per heavy atom. The first-order chi connectivity index (χ1) is 5.54. The van der Waals surface area contributed by atoms with Gasteiger partial charge in [0.25, 0.3) is 0 Å². The zero-order valence-electron chi connectivity index (χ0n) is 8.57. The SMILES string of the molecule is CC(C)(C)C1CCC(CF)CC1. The van der Waals surface area contributed by atoms with Crippen LogP contribution >= 0.6 is 0 Å². The van der Waals surface area contributed by atoms with E-state index in [-0.39, 0.29) is 6.67 Å². The fourth-order valence-electron chi connectivity index (χ4n) is 2.18. The molecule has 0 aromatic rings. The third-order valence-corrected chi connectivity index (χ3v) is 3.29. The van der Waals surface area contributed by atoms with E-state index in [9.17, 15) is 4.39 Å². The highest BCUT2D eigenvalue weighted by Crippen LogP contribution is 2.39. The summed E-state index contributed by atoms with van der Waals surface area (Å²) >= 11 is 0. The molecule has 12 heavy (non-hydrogen) atoms. The van der Waals surface area contributed by atoms with E-state index in [0.29, 0.717) is 11.3 Å². The number of halogens is 1. The van der Waals surface area contributed by atoms with E-state index in [4.69, 9.17) is 0 Å². The lowest BCUT2D eigenvalue weighted by Gasteiger charge is -2.36. The van der Waals surface area contributed by atoms with Gasteiger partial charge in [0.2, 0.25) is 0 Å². The summed E-state index contributed by atoms with van der Waals surface area (Å²) in [6, 6.07) is 0. The van der Waals surface area contributed by atoms with Gasteiger partial charge in [-0.25, -0.2) is 0 Å². The maximum atomic E-state index is 12.3. The molecule has 1 fully saturated rings. The van der Waals surface area contributed by atoms with Gasteiger partial charge >= 0.3 is 0 Å². The predicted molar refractivity (Wildman–Crippen MR) is 50.9 cm³/mol. The summed E-state index contributed by atoms with van der Waals surface area (Å²) < 4.78 is 12.3. The average Bonchev–Trinajstić information content (AvgIpc) is 2.03. The zero-order valence-corrected chi connectivity index (χ0v) is 8.57. The van der Waals surface area contributed by atoms with Crippen molar-refractivity contribution in [3.8, 4) is 0 Å². The van der Waals surface area contributed by atoms with Gasteiger partial charge in [-0.05, 0) is 42.9 Å². The molecule has 0 aromatic heterocycles. The second-order valence-electron chi connectivity index (χ2n) is 5.24. The van der Waals surface area contributed by atoms with Gasteiger partial charge in [0.05, 0.1) is 6.67 Å². The van der Waals surface area contributed by atoms with Crippen molar-refractivity contribution in [3.63, 3.8) is 0 Å². The van der Waals surface area contributed by atoms with Crippen LogP contribution in [-0.4, -0.2) is 6.67 Å². The van der Waals surface area contributed by atoms with Crippen molar-refractivity contribution >= 4 is 0 Å². The monoisotopic (exact) mass is 172 g/mol. The van der Waals surface area contributed by atoms with E-state index in [1.54, 1.807) is 0 Å². The maximum absolute atomic E-state index is 12.3. The van der Waals surface area contributed by atoms with Crippen LogP contribution in [0.1, 0.15) is 46.5 Å². The summed E-state index contributed by atoms with van der Waals surface area (Å²) in [5, 5.41) is 0. The minimum absolute atomic E-state index is 0.100. The highest BCUT2D eigenvalue weighted by Gasteiger charge is 2.29. The second kappa shape index (κ2) is 3.76. The molecule has 1 heteroatoms. The number of hydrogen-bond acceptors (Lipinski definition) is 0. The molecule has 1 rings (SSSR count). The van der Waals surface area contributed by atoms with E-state index in [0.717, 1.165) is 18.8 Å². The molecule has 0 bridgehead atoms. The molecule has 0 N–H and O–H groups in total. The maximum Gasteiger partial charge on any atom is 0.0922 e. The Morgan fingerprint density at radius 2 is 1.58 bits per heavy atom. The lowest BCUT2D eigenvalue weighted by molar-refractivity contribution is 0.138. The highest BCUT2D eigenvalue weighted by atomic mass is 19.1. The molecule has 0 unspecified atom stereocenters. The Bertz CT molecular complexity index is 126. The molecule has 0 amide bonds. The standard InChI is InChI=1S/C11H21F/c1-11(2,3)10-6-4-9(8-12)5-7-10/h9-10H,4-8H2,1-3H3. The fourth-order valence-corrected chi connectivity index (χ4v) is 2.18. The van der Waals surface area contributed by atoms with Crippen molar-refractivity contribution in [2.75, 3.05) is 6.67 Å². The summed E-state index contributed by atoms with van der Waals surface area (Å²) in [5.74, 6) is 1.20. The van der Waals surface area contributed by atoms with E-state index >= 15 is 0 Å². The molecule has 0 heterocycles. The van der Waals surface area contributed by atoms with Crippen molar-refractivity contribution in [2.45, 2.75) is 46.5 Å². The normalized spacial score (nSPS) is 32.0. The third-order valence-electron chi connectivity index (χ3n) is 3.29. The first-order valence-corrected chi connectivity index (χ1v) is 5.10. The molecule has 0 aromatic carbocycles. The quantitative estimate of drug-likeness (QED) is 0.564. The van der Waals surface area contributed by atoms with Crippen molar-refractivity contribution < 1.29 is 4.39 Å². The van der Waals surface area contributed by atoms with Crippen LogP contribution in [0.3, 0.4) is 0 Å². The summed E-state index contributed by atoms with van der Waals surface area (Å²) in [4.78, 5) is 0. The van der Waals surface area contributed by atoms with Gasteiger partial charge in [0, 0.05) is 0 Å². The topological polar surface area (TPSA) is 0 Å².